The van der Waals surface area contributed by atoms with Gasteiger partial charge in [-0.05, 0) is 37.5 Å². The van der Waals surface area contributed by atoms with Crippen molar-refractivity contribution in [2.45, 2.75) is 25.2 Å². The smallest absolute Gasteiger partial charge is 0.228 e. The Bertz CT molecular complexity index is 718. The van der Waals surface area contributed by atoms with E-state index < -0.39 is 0 Å². The van der Waals surface area contributed by atoms with E-state index in [2.05, 4.69) is 0 Å². The second-order valence-electron chi connectivity index (χ2n) is 6.32. The van der Waals surface area contributed by atoms with E-state index in [-0.39, 0.29) is 11.8 Å². The number of thiazole rings is 1. The maximum atomic E-state index is 12.4. The number of carbonyl (C=O) groups excluding carboxylic acids is 1. The number of ether oxygens (including phenoxy) is 1. The highest BCUT2D eigenvalue weighted by Crippen LogP contribution is 2.35. The fourth-order valence-corrected chi connectivity index (χ4v) is 4.71. The monoisotopic (exact) mass is 350 g/mol. The van der Waals surface area contributed by atoms with Gasteiger partial charge in [-0.25, -0.2) is 4.98 Å². The molecular formula is C17H19ClN2O2S. The van der Waals surface area contributed by atoms with Crippen LogP contribution in [0.4, 0.5) is 0 Å². The molecule has 1 aromatic heterocycles. The van der Waals surface area contributed by atoms with Crippen molar-refractivity contribution >= 4 is 39.1 Å². The second kappa shape index (κ2) is 6.38. The van der Waals surface area contributed by atoms with Gasteiger partial charge < -0.3 is 9.64 Å². The van der Waals surface area contributed by atoms with E-state index in [1.807, 2.05) is 23.1 Å². The maximum Gasteiger partial charge on any atom is 0.228 e. The lowest BCUT2D eigenvalue weighted by molar-refractivity contribution is -0.136. The molecule has 4 rings (SSSR count). The van der Waals surface area contributed by atoms with Crippen LogP contribution in [0, 0.1) is 5.92 Å². The SMILES string of the molecule is O=C(C1CCOC1)N1CCC(c2nc3cc(Cl)ccc3s2)CC1. The molecule has 0 saturated carbocycles. The quantitative estimate of drug-likeness (QED) is 0.829. The lowest BCUT2D eigenvalue weighted by atomic mass is 9.96. The van der Waals surface area contributed by atoms with E-state index in [1.54, 1.807) is 11.3 Å². The third-order valence-electron chi connectivity index (χ3n) is 4.80. The molecule has 2 aromatic rings. The molecule has 2 saturated heterocycles. The van der Waals surface area contributed by atoms with Crippen molar-refractivity contribution < 1.29 is 9.53 Å². The normalized spacial score (nSPS) is 22.8. The number of fused-ring (bicyclic) bond motifs is 1. The number of hydrogen-bond donors (Lipinski definition) is 0. The van der Waals surface area contributed by atoms with Gasteiger partial charge in [-0.15, -0.1) is 11.3 Å². The average Bonchev–Trinajstić information content (AvgIpc) is 3.23. The Morgan fingerprint density at radius 3 is 2.87 bits per heavy atom. The first kappa shape index (κ1) is 15.4. The number of likely N-dealkylation sites (tertiary alicyclic amines) is 1. The van der Waals surface area contributed by atoms with Crippen LogP contribution in [0.15, 0.2) is 18.2 Å². The van der Waals surface area contributed by atoms with E-state index in [9.17, 15) is 4.79 Å². The minimum Gasteiger partial charge on any atom is -0.381 e. The Hall–Kier alpha value is -1.17. The van der Waals surface area contributed by atoms with Crippen LogP contribution < -0.4 is 0 Å². The Balaban J connectivity index is 1.43. The Morgan fingerprint density at radius 2 is 2.13 bits per heavy atom. The molecule has 0 spiro atoms. The van der Waals surface area contributed by atoms with Gasteiger partial charge >= 0.3 is 0 Å². The second-order valence-corrected chi connectivity index (χ2v) is 7.82. The fourth-order valence-electron chi connectivity index (χ4n) is 3.43. The molecule has 2 aliphatic rings. The molecule has 1 amide bonds. The van der Waals surface area contributed by atoms with E-state index in [0.717, 1.165) is 49.5 Å². The first-order chi connectivity index (χ1) is 11.2. The average molecular weight is 351 g/mol. The van der Waals surface area contributed by atoms with Gasteiger partial charge in [-0.3, -0.25) is 4.79 Å². The number of aromatic nitrogens is 1. The molecule has 1 atom stereocenters. The van der Waals surface area contributed by atoms with Crippen LogP contribution in [0.1, 0.15) is 30.2 Å². The largest absolute Gasteiger partial charge is 0.381 e. The Kier molecular flexibility index (Phi) is 4.26. The van der Waals surface area contributed by atoms with Crippen LogP contribution in [-0.4, -0.2) is 42.1 Å². The van der Waals surface area contributed by atoms with Crippen LogP contribution >= 0.6 is 22.9 Å². The molecule has 6 heteroatoms. The predicted molar refractivity (Wildman–Crippen MR) is 92.1 cm³/mol. The summed E-state index contributed by atoms with van der Waals surface area (Å²) in [7, 11) is 0. The highest BCUT2D eigenvalue weighted by molar-refractivity contribution is 7.18. The minimum absolute atomic E-state index is 0.0798. The summed E-state index contributed by atoms with van der Waals surface area (Å²) in [4.78, 5) is 19.2. The van der Waals surface area contributed by atoms with Gasteiger partial charge in [0, 0.05) is 30.6 Å². The minimum atomic E-state index is 0.0798. The molecule has 0 N–H and O–H groups in total. The fraction of sp³-hybridized carbons (Fsp3) is 0.529. The molecule has 23 heavy (non-hydrogen) atoms. The number of carbonyl (C=O) groups is 1. The first-order valence-electron chi connectivity index (χ1n) is 8.13. The van der Waals surface area contributed by atoms with Crippen LogP contribution in [0.2, 0.25) is 5.02 Å². The summed E-state index contributed by atoms with van der Waals surface area (Å²) in [6.07, 6.45) is 2.86. The Labute approximate surface area is 144 Å². The molecule has 0 aliphatic carbocycles. The molecule has 122 valence electrons. The van der Waals surface area contributed by atoms with E-state index in [1.165, 1.54) is 9.71 Å². The van der Waals surface area contributed by atoms with E-state index in [0.29, 0.717) is 12.5 Å². The number of nitrogens with zero attached hydrogens (tertiary/aromatic N) is 2. The molecular weight excluding hydrogens is 332 g/mol. The maximum absolute atomic E-state index is 12.4. The Morgan fingerprint density at radius 1 is 1.30 bits per heavy atom. The number of benzene rings is 1. The van der Waals surface area contributed by atoms with Gasteiger partial charge in [0.2, 0.25) is 5.91 Å². The van der Waals surface area contributed by atoms with Crippen molar-refractivity contribution in [1.82, 2.24) is 9.88 Å². The number of amides is 1. The van der Waals surface area contributed by atoms with Gasteiger partial charge in [0.15, 0.2) is 0 Å². The summed E-state index contributed by atoms with van der Waals surface area (Å²) < 4.78 is 6.52. The molecule has 1 unspecified atom stereocenters. The van der Waals surface area contributed by atoms with Crippen molar-refractivity contribution in [3.63, 3.8) is 0 Å². The lowest BCUT2D eigenvalue weighted by Gasteiger charge is -2.32. The topological polar surface area (TPSA) is 42.4 Å². The molecule has 3 heterocycles. The van der Waals surface area contributed by atoms with Crippen molar-refractivity contribution in [2.24, 2.45) is 5.92 Å². The van der Waals surface area contributed by atoms with Crippen molar-refractivity contribution in [2.75, 3.05) is 26.3 Å². The third-order valence-corrected chi connectivity index (χ3v) is 6.23. The molecule has 0 bridgehead atoms. The van der Waals surface area contributed by atoms with Crippen LogP contribution in [0.25, 0.3) is 10.2 Å². The van der Waals surface area contributed by atoms with Crippen LogP contribution in [0.5, 0.6) is 0 Å². The predicted octanol–water partition coefficient (Wildman–Crippen LogP) is 3.69. The van der Waals surface area contributed by atoms with E-state index >= 15 is 0 Å². The zero-order valence-electron chi connectivity index (χ0n) is 12.8. The van der Waals surface area contributed by atoms with Gasteiger partial charge in [0.1, 0.15) is 0 Å². The summed E-state index contributed by atoms with van der Waals surface area (Å²) >= 11 is 7.79. The zero-order valence-corrected chi connectivity index (χ0v) is 14.4. The summed E-state index contributed by atoms with van der Waals surface area (Å²) in [6.45, 7) is 2.98. The molecule has 4 nitrogen and oxygen atoms in total. The summed E-state index contributed by atoms with van der Waals surface area (Å²) in [6, 6.07) is 5.88. The molecule has 2 aliphatic heterocycles. The number of piperidine rings is 1. The first-order valence-corrected chi connectivity index (χ1v) is 9.32. The highest BCUT2D eigenvalue weighted by atomic mass is 35.5. The summed E-state index contributed by atoms with van der Waals surface area (Å²) in [5.74, 6) is 0.809. The molecule has 1 aromatic carbocycles. The summed E-state index contributed by atoms with van der Waals surface area (Å²) in [5.41, 5.74) is 0.985. The van der Waals surface area contributed by atoms with Gasteiger partial charge in [0.25, 0.3) is 0 Å². The van der Waals surface area contributed by atoms with Crippen molar-refractivity contribution in [3.05, 3.63) is 28.2 Å². The van der Waals surface area contributed by atoms with Crippen molar-refractivity contribution in [1.29, 1.82) is 0 Å². The van der Waals surface area contributed by atoms with Gasteiger partial charge in [-0.2, -0.15) is 0 Å². The zero-order chi connectivity index (χ0) is 15.8. The van der Waals surface area contributed by atoms with Gasteiger partial charge in [0.05, 0.1) is 27.7 Å². The van der Waals surface area contributed by atoms with Gasteiger partial charge in [-0.1, -0.05) is 11.6 Å². The van der Waals surface area contributed by atoms with E-state index in [4.69, 9.17) is 21.3 Å². The number of hydrogen-bond acceptors (Lipinski definition) is 4. The highest BCUT2D eigenvalue weighted by Gasteiger charge is 2.31. The molecule has 2 fully saturated rings. The number of halogens is 1. The number of rotatable bonds is 2. The summed E-state index contributed by atoms with van der Waals surface area (Å²) in [5, 5.41) is 1.91. The third kappa shape index (κ3) is 3.10. The van der Waals surface area contributed by atoms with Crippen LogP contribution in [-0.2, 0) is 9.53 Å². The molecule has 0 radical (unpaired) electrons. The van der Waals surface area contributed by atoms with Crippen LogP contribution in [0.3, 0.4) is 0 Å². The van der Waals surface area contributed by atoms with Crippen molar-refractivity contribution in [3.8, 4) is 0 Å². The lowest BCUT2D eigenvalue weighted by Crippen LogP contribution is -2.41. The standard InChI is InChI=1S/C17H19ClN2O2S/c18-13-1-2-15-14(9-13)19-16(23-15)11-3-6-20(7-4-11)17(21)12-5-8-22-10-12/h1-2,9,11-12H,3-8,10H2.